The van der Waals surface area contributed by atoms with Crippen molar-refractivity contribution in [2.45, 2.75) is 19.9 Å². The van der Waals surface area contributed by atoms with Crippen LogP contribution in [0.4, 0.5) is 4.39 Å². The minimum absolute atomic E-state index is 0.0790. The van der Waals surface area contributed by atoms with Crippen molar-refractivity contribution < 1.29 is 18.0 Å². The Hall–Kier alpha value is -1.39. The summed E-state index contributed by atoms with van der Waals surface area (Å²) < 4.78 is 35.7. The number of hydrogen-bond acceptors (Lipinski definition) is 4. The Labute approximate surface area is 117 Å². The summed E-state index contributed by atoms with van der Waals surface area (Å²) in [6.45, 7) is 3.85. The fourth-order valence-electron chi connectivity index (χ4n) is 1.70. The van der Waals surface area contributed by atoms with Crippen molar-refractivity contribution in [3.05, 3.63) is 46.1 Å². The number of nitrogens with zero attached hydrogens (tertiary/aromatic N) is 3. The van der Waals surface area contributed by atoms with Crippen molar-refractivity contribution in [3.8, 4) is 0 Å². The number of hydrogen-bond donors (Lipinski definition) is 0. The fourth-order valence-corrected chi connectivity index (χ4v) is 3.48. The molecule has 1 atom stereocenters. The molecule has 0 spiro atoms. The molecule has 1 rings (SSSR count). The van der Waals surface area contributed by atoms with Crippen molar-refractivity contribution in [2.75, 3.05) is 19.4 Å². The van der Waals surface area contributed by atoms with Crippen LogP contribution in [-0.4, -0.2) is 19.4 Å². The summed E-state index contributed by atoms with van der Waals surface area (Å²) in [5.74, 6) is -0.397. The molecule has 8 heteroatoms. The van der Waals surface area contributed by atoms with Gasteiger partial charge in [-0.1, -0.05) is 17.2 Å². The molecule has 6 nitrogen and oxygen atoms in total. The van der Waals surface area contributed by atoms with E-state index in [1.807, 2.05) is 0 Å². The largest absolute Gasteiger partial charge is 0.331 e. The van der Waals surface area contributed by atoms with Crippen LogP contribution in [-0.2, 0) is 13.6 Å². The van der Waals surface area contributed by atoms with Crippen LogP contribution in [0.25, 0.3) is 10.4 Å². The number of benzene rings is 1. The van der Waals surface area contributed by atoms with Gasteiger partial charge in [0.2, 0.25) is 0 Å². The Morgan fingerprint density at radius 1 is 1.30 bits per heavy atom. The van der Waals surface area contributed by atoms with Crippen molar-refractivity contribution >= 4 is 7.60 Å². The summed E-state index contributed by atoms with van der Waals surface area (Å²) in [7, 11) is -3.34. The summed E-state index contributed by atoms with van der Waals surface area (Å²) in [5, 5.41) is 3.60. The lowest BCUT2D eigenvalue weighted by Crippen LogP contribution is -2.07. The highest BCUT2D eigenvalue weighted by atomic mass is 31.2. The number of azide groups is 1. The zero-order valence-electron chi connectivity index (χ0n) is 11.4. The third-order valence-electron chi connectivity index (χ3n) is 2.49. The maximum atomic E-state index is 12.9. The molecule has 0 aliphatic rings. The van der Waals surface area contributed by atoms with E-state index in [1.54, 1.807) is 13.8 Å². The highest BCUT2D eigenvalue weighted by Crippen LogP contribution is 2.51. The minimum Gasteiger partial charge on any atom is -0.309 e. The summed E-state index contributed by atoms with van der Waals surface area (Å²) >= 11 is 0. The maximum Gasteiger partial charge on any atom is 0.331 e. The van der Waals surface area contributed by atoms with E-state index in [1.165, 1.54) is 24.3 Å². The first-order valence-corrected chi connectivity index (χ1v) is 7.95. The molecule has 0 aromatic heterocycles. The van der Waals surface area contributed by atoms with Gasteiger partial charge < -0.3 is 9.05 Å². The Morgan fingerprint density at radius 2 is 1.85 bits per heavy atom. The van der Waals surface area contributed by atoms with Gasteiger partial charge in [-0.05, 0) is 37.1 Å². The summed E-state index contributed by atoms with van der Waals surface area (Å²) in [6.07, 6.45) is -0.0790. The second-order valence-corrected chi connectivity index (χ2v) is 6.00. The van der Waals surface area contributed by atoms with Gasteiger partial charge in [0, 0.05) is 4.91 Å². The van der Waals surface area contributed by atoms with E-state index >= 15 is 0 Å². The monoisotopic (exact) mass is 301 g/mol. The van der Waals surface area contributed by atoms with Crippen LogP contribution >= 0.6 is 7.60 Å². The van der Waals surface area contributed by atoms with Gasteiger partial charge in [-0.15, -0.1) is 0 Å². The average molecular weight is 301 g/mol. The molecule has 1 unspecified atom stereocenters. The van der Waals surface area contributed by atoms with Crippen LogP contribution in [0.2, 0.25) is 0 Å². The van der Waals surface area contributed by atoms with Gasteiger partial charge in [-0.3, -0.25) is 4.57 Å². The zero-order valence-corrected chi connectivity index (χ0v) is 12.3. The smallest absolute Gasteiger partial charge is 0.309 e. The van der Waals surface area contributed by atoms with E-state index in [2.05, 4.69) is 10.0 Å². The van der Waals surface area contributed by atoms with Crippen LogP contribution in [0.3, 0.4) is 0 Å². The van der Waals surface area contributed by atoms with Crippen LogP contribution in [0.5, 0.6) is 0 Å². The van der Waals surface area contributed by atoms with Crippen molar-refractivity contribution in [2.24, 2.45) is 5.11 Å². The van der Waals surface area contributed by atoms with E-state index in [9.17, 15) is 8.96 Å². The predicted octanol–water partition coefficient (Wildman–Crippen LogP) is 4.44. The van der Waals surface area contributed by atoms with Gasteiger partial charge in [0.25, 0.3) is 0 Å². The van der Waals surface area contributed by atoms with Crippen molar-refractivity contribution in [1.29, 1.82) is 0 Å². The first kappa shape index (κ1) is 16.7. The quantitative estimate of drug-likeness (QED) is 0.308. The molecule has 0 heterocycles. The predicted molar refractivity (Wildman–Crippen MR) is 74.0 cm³/mol. The molecular formula is C12H17FN3O3P. The van der Waals surface area contributed by atoms with Gasteiger partial charge >= 0.3 is 7.60 Å². The second-order valence-electron chi connectivity index (χ2n) is 3.90. The van der Waals surface area contributed by atoms with Gasteiger partial charge in [-0.25, -0.2) is 4.39 Å². The Kier molecular flexibility index (Phi) is 6.68. The Bertz CT molecular complexity index is 507. The number of halogens is 1. The lowest BCUT2D eigenvalue weighted by Gasteiger charge is -2.20. The van der Waals surface area contributed by atoms with Gasteiger partial charge in [0.1, 0.15) is 5.82 Å². The standard InChI is InChI=1S/C12H17FN3O3P/c1-3-18-20(17,19-4-2)9-12(15-16-14)10-5-7-11(13)8-6-10/h5-8,12H,3-4,9H2,1-2H3. The Morgan fingerprint density at radius 3 is 2.30 bits per heavy atom. The van der Waals surface area contributed by atoms with Gasteiger partial charge in [0.05, 0.1) is 25.4 Å². The van der Waals surface area contributed by atoms with Crippen molar-refractivity contribution in [1.82, 2.24) is 0 Å². The molecular weight excluding hydrogens is 284 g/mol. The van der Waals surface area contributed by atoms with Crippen molar-refractivity contribution in [3.63, 3.8) is 0 Å². The molecule has 1 aromatic rings. The van der Waals surface area contributed by atoms with E-state index in [0.717, 1.165) is 0 Å². The average Bonchev–Trinajstić information content (AvgIpc) is 2.39. The molecule has 0 aliphatic carbocycles. The lowest BCUT2D eigenvalue weighted by molar-refractivity contribution is 0.218. The SMILES string of the molecule is CCOP(=O)(CC(N=[N+]=[N-])c1ccc(F)cc1)OCC. The third kappa shape index (κ3) is 4.94. The van der Waals surface area contributed by atoms with E-state index in [4.69, 9.17) is 14.6 Å². The topological polar surface area (TPSA) is 84.3 Å². The first-order chi connectivity index (χ1) is 9.54. The Balaban J connectivity index is 2.99. The van der Waals surface area contributed by atoms with E-state index in [-0.39, 0.29) is 19.4 Å². The molecule has 0 aliphatic heterocycles. The van der Waals surface area contributed by atoms with Crippen LogP contribution < -0.4 is 0 Å². The second kappa shape index (κ2) is 8.02. The molecule has 0 N–H and O–H groups in total. The van der Waals surface area contributed by atoms with Gasteiger partial charge in [0.15, 0.2) is 0 Å². The fraction of sp³-hybridized carbons (Fsp3) is 0.500. The molecule has 0 amide bonds. The minimum atomic E-state index is -3.34. The summed E-state index contributed by atoms with van der Waals surface area (Å²) in [4.78, 5) is 2.74. The summed E-state index contributed by atoms with van der Waals surface area (Å²) in [5.41, 5.74) is 9.18. The van der Waals surface area contributed by atoms with Crippen LogP contribution in [0.1, 0.15) is 25.5 Å². The molecule has 0 saturated heterocycles. The zero-order chi connectivity index (χ0) is 15.0. The molecule has 0 saturated carbocycles. The third-order valence-corrected chi connectivity index (χ3v) is 4.59. The van der Waals surface area contributed by atoms with Gasteiger partial charge in [-0.2, -0.15) is 0 Å². The van der Waals surface area contributed by atoms with E-state index < -0.39 is 19.5 Å². The highest BCUT2D eigenvalue weighted by molar-refractivity contribution is 7.53. The molecule has 20 heavy (non-hydrogen) atoms. The molecule has 110 valence electrons. The molecule has 0 fully saturated rings. The molecule has 0 bridgehead atoms. The molecule has 1 aromatic carbocycles. The maximum absolute atomic E-state index is 12.9. The highest BCUT2D eigenvalue weighted by Gasteiger charge is 2.28. The lowest BCUT2D eigenvalue weighted by atomic mass is 10.1. The first-order valence-electron chi connectivity index (χ1n) is 6.22. The van der Waals surface area contributed by atoms with E-state index in [0.29, 0.717) is 5.56 Å². The molecule has 0 radical (unpaired) electrons. The number of rotatable bonds is 8. The normalized spacial score (nSPS) is 12.8. The summed E-state index contributed by atoms with van der Waals surface area (Å²) in [6, 6.07) is 4.74. The van der Waals surface area contributed by atoms with Crippen LogP contribution in [0, 0.1) is 5.82 Å². The van der Waals surface area contributed by atoms with Crippen LogP contribution in [0.15, 0.2) is 29.4 Å².